The minimum atomic E-state index is -0.440. The number of carbonyl (C=O) groups excluding carboxylic acids is 2. The third kappa shape index (κ3) is 5.75. The molecule has 206 valence electrons. The van der Waals surface area contributed by atoms with Crippen molar-refractivity contribution in [3.05, 3.63) is 77.0 Å². The maximum atomic E-state index is 13.0. The molecule has 2 aromatic carbocycles. The van der Waals surface area contributed by atoms with Gasteiger partial charge in [0.05, 0.1) is 0 Å². The van der Waals surface area contributed by atoms with Crippen LogP contribution in [0.1, 0.15) is 77.9 Å². The van der Waals surface area contributed by atoms with Crippen molar-refractivity contribution in [1.82, 2.24) is 20.4 Å². The summed E-state index contributed by atoms with van der Waals surface area (Å²) in [5.41, 5.74) is 5.17. The molecular weight excluding hydrogens is 488 g/mol. The summed E-state index contributed by atoms with van der Waals surface area (Å²) < 4.78 is 6.32. The number of carbonyl (C=O) groups is 2. The summed E-state index contributed by atoms with van der Waals surface area (Å²) in [4.78, 5) is 29.8. The number of amides is 2. The molecule has 0 radical (unpaired) electrons. The van der Waals surface area contributed by atoms with Gasteiger partial charge in [0.15, 0.2) is 0 Å². The van der Waals surface area contributed by atoms with Crippen molar-refractivity contribution < 1.29 is 14.3 Å². The lowest BCUT2D eigenvalue weighted by molar-refractivity contribution is -0.126. The number of ether oxygens (including phenoxy) is 1. The molecule has 0 spiro atoms. The van der Waals surface area contributed by atoms with Crippen LogP contribution in [0.25, 0.3) is 0 Å². The highest BCUT2D eigenvalue weighted by Crippen LogP contribution is 2.31. The van der Waals surface area contributed by atoms with Gasteiger partial charge in [-0.3, -0.25) is 14.5 Å². The molecule has 3 fully saturated rings. The lowest BCUT2D eigenvalue weighted by Gasteiger charge is -2.35. The van der Waals surface area contributed by atoms with Gasteiger partial charge in [0.1, 0.15) is 18.4 Å². The van der Waals surface area contributed by atoms with E-state index in [0.29, 0.717) is 43.5 Å². The Hall–Kier alpha value is -3.16. The Morgan fingerprint density at radius 2 is 1.79 bits per heavy atom. The maximum Gasteiger partial charge on any atom is 0.255 e. The van der Waals surface area contributed by atoms with E-state index in [1.165, 1.54) is 36.8 Å². The van der Waals surface area contributed by atoms with Gasteiger partial charge in [0.25, 0.3) is 5.91 Å². The van der Waals surface area contributed by atoms with Crippen molar-refractivity contribution in [1.29, 1.82) is 0 Å². The Kier molecular flexibility index (Phi) is 7.71. The molecule has 0 saturated carbocycles. The number of piperidine rings is 3. The standard InChI is InChI=1S/C32H40N4O3/c1-22-5-12-30(31(37)34-22)36-20-26-18-28(10-11-29(26)32(36)38)39-21-27-4-2-3-17-35(27)19-23-6-8-24(9-7-23)25-13-15-33-16-14-25/h6-11,18,25,27,30,33H,1-5,12-17,19-21H2,(H,34,37)/t27-,30?/m1/s1. The third-order valence-electron chi connectivity index (χ3n) is 8.97. The third-order valence-corrected chi connectivity index (χ3v) is 8.97. The largest absolute Gasteiger partial charge is 0.492 e. The molecule has 4 aliphatic rings. The number of likely N-dealkylation sites (tertiary alicyclic amines) is 1. The highest BCUT2D eigenvalue weighted by Gasteiger charge is 2.38. The van der Waals surface area contributed by atoms with Crippen LogP contribution in [0.3, 0.4) is 0 Å². The first-order valence-corrected chi connectivity index (χ1v) is 14.6. The molecule has 1 unspecified atom stereocenters. The van der Waals surface area contributed by atoms with Crippen molar-refractivity contribution in [3.8, 4) is 5.75 Å². The molecule has 7 nitrogen and oxygen atoms in total. The van der Waals surface area contributed by atoms with E-state index in [-0.39, 0.29) is 11.8 Å². The minimum Gasteiger partial charge on any atom is -0.492 e. The van der Waals surface area contributed by atoms with E-state index in [2.05, 4.69) is 46.4 Å². The van der Waals surface area contributed by atoms with E-state index in [9.17, 15) is 9.59 Å². The average molecular weight is 529 g/mol. The van der Waals surface area contributed by atoms with E-state index >= 15 is 0 Å². The molecule has 39 heavy (non-hydrogen) atoms. The van der Waals surface area contributed by atoms with Crippen molar-refractivity contribution in [2.24, 2.45) is 0 Å². The van der Waals surface area contributed by atoms with Gasteiger partial charge in [-0.15, -0.1) is 0 Å². The molecule has 0 bridgehead atoms. The van der Waals surface area contributed by atoms with E-state index in [0.717, 1.165) is 49.6 Å². The first kappa shape index (κ1) is 26.1. The Balaban J connectivity index is 1.06. The minimum absolute atomic E-state index is 0.0751. The van der Waals surface area contributed by atoms with E-state index in [1.807, 2.05) is 18.2 Å². The Bertz CT molecular complexity index is 1220. The van der Waals surface area contributed by atoms with Crippen molar-refractivity contribution in [2.75, 3.05) is 26.2 Å². The predicted molar refractivity (Wildman–Crippen MR) is 151 cm³/mol. The molecule has 3 saturated heterocycles. The zero-order chi connectivity index (χ0) is 26.8. The van der Waals surface area contributed by atoms with Gasteiger partial charge < -0.3 is 20.3 Å². The molecule has 0 aromatic heterocycles. The van der Waals surface area contributed by atoms with Gasteiger partial charge >= 0.3 is 0 Å². The van der Waals surface area contributed by atoms with Gasteiger partial charge in [0, 0.05) is 30.4 Å². The number of nitrogens with one attached hydrogen (secondary N) is 2. The molecule has 4 aliphatic heterocycles. The molecule has 2 atom stereocenters. The quantitative estimate of drug-likeness (QED) is 0.560. The van der Waals surface area contributed by atoms with Crippen LogP contribution in [0, 0.1) is 0 Å². The smallest absolute Gasteiger partial charge is 0.255 e. The lowest BCUT2D eigenvalue weighted by Crippen LogP contribution is -2.49. The Morgan fingerprint density at radius 1 is 0.974 bits per heavy atom. The topological polar surface area (TPSA) is 73.9 Å². The Morgan fingerprint density at radius 3 is 2.59 bits per heavy atom. The SMILES string of the molecule is C=C1CCC(N2Cc3cc(OC[C@H]4CCCCN4Cc4ccc(C5CCNCC5)cc4)ccc3C2=O)C(=O)N1. The summed E-state index contributed by atoms with van der Waals surface area (Å²) in [6, 6.07) is 15.0. The van der Waals surface area contributed by atoms with Crippen LogP contribution in [-0.4, -0.2) is 59.9 Å². The van der Waals surface area contributed by atoms with E-state index in [1.54, 1.807) is 4.90 Å². The zero-order valence-corrected chi connectivity index (χ0v) is 22.8. The lowest BCUT2D eigenvalue weighted by atomic mass is 9.90. The first-order valence-electron chi connectivity index (χ1n) is 14.6. The van der Waals surface area contributed by atoms with Crippen molar-refractivity contribution in [2.45, 2.75) is 76.0 Å². The molecular formula is C32H40N4O3. The molecule has 2 N–H and O–H groups in total. The number of rotatable bonds is 7. The first-order chi connectivity index (χ1) is 19.0. The summed E-state index contributed by atoms with van der Waals surface area (Å²) in [6.45, 7) is 9.21. The normalized spacial score (nSPS) is 24.5. The van der Waals surface area contributed by atoms with Gasteiger partial charge in [-0.2, -0.15) is 0 Å². The highest BCUT2D eigenvalue weighted by molar-refractivity contribution is 6.01. The summed E-state index contributed by atoms with van der Waals surface area (Å²) in [6.07, 6.45) is 7.35. The number of fused-ring (bicyclic) bond motifs is 1. The van der Waals surface area contributed by atoms with Crippen molar-refractivity contribution >= 4 is 11.8 Å². The number of allylic oxidation sites excluding steroid dienone is 1. The number of hydrogen-bond donors (Lipinski definition) is 2. The zero-order valence-electron chi connectivity index (χ0n) is 22.8. The summed E-state index contributed by atoms with van der Waals surface area (Å²) in [7, 11) is 0. The molecule has 4 heterocycles. The summed E-state index contributed by atoms with van der Waals surface area (Å²) in [5, 5.41) is 6.26. The summed E-state index contributed by atoms with van der Waals surface area (Å²) >= 11 is 0. The van der Waals surface area contributed by atoms with E-state index in [4.69, 9.17) is 4.74 Å². The van der Waals surface area contributed by atoms with Gasteiger partial charge in [-0.05, 0) is 99.0 Å². The molecule has 2 aromatic rings. The highest BCUT2D eigenvalue weighted by atomic mass is 16.5. The predicted octanol–water partition coefficient (Wildman–Crippen LogP) is 4.34. The van der Waals surface area contributed by atoms with Crippen LogP contribution in [0.5, 0.6) is 5.75 Å². The molecule has 2 amide bonds. The fourth-order valence-electron chi connectivity index (χ4n) is 6.65. The molecule has 6 rings (SSSR count). The Labute approximate surface area is 231 Å². The number of benzene rings is 2. The van der Waals surface area contributed by atoms with Crippen LogP contribution in [-0.2, 0) is 17.9 Å². The van der Waals surface area contributed by atoms with Gasteiger partial charge in [-0.1, -0.05) is 37.3 Å². The van der Waals surface area contributed by atoms with Crippen LogP contribution >= 0.6 is 0 Å². The second-order valence-electron chi connectivity index (χ2n) is 11.6. The van der Waals surface area contributed by atoms with Gasteiger partial charge in [0.2, 0.25) is 5.91 Å². The molecule has 7 heteroatoms. The fraction of sp³-hybridized carbons (Fsp3) is 0.500. The fourth-order valence-corrected chi connectivity index (χ4v) is 6.65. The maximum absolute atomic E-state index is 13.0. The van der Waals surface area contributed by atoms with Crippen molar-refractivity contribution in [3.63, 3.8) is 0 Å². The second-order valence-corrected chi connectivity index (χ2v) is 11.6. The van der Waals surface area contributed by atoms with Crippen LogP contribution in [0.2, 0.25) is 0 Å². The van der Waals surface area contributed by atoms with Crippen LogP contribution in [0.15, 0.2) is 54.7 Å². The van der Waals surface area contributed by atoms with Crippen LogP contribution < -0.4 is 15.4 Å². The monoisotopic (exact) mass is 528 g/mol. The van der Waals surface area contributed by atoms with Crippen LogP contribution in [0.4, 0.5) is 0 Å². The van der Waals surface area contributed by atoms with Gasteiger partial charge in [-0.25, -0.2) is 0 Å². The second kappa shape index (κ2) is 11.5. The number of nitrogens with zero attached hydrogens (tertiary/aromatic N) is 2. The van der Waals surface area contributed by atoms with E-state index < -0.39 is 6.04 Å². The summed E-state index contributed by atoms with van der Waals surface area (Å²) in [5.74, 6) is 1.27. The number of hydrogen-bond acceptors (Lipinski definition) is 5. The average Bonchev–Trinajstić information content (AvgIpc) is 3.28. The molecule has 0 aliphatic carbocycles.